The number of hydrogen-bond donors (Lipinski definition) is 0. The first kappa shape index (κ1) is 11.8. The SMILES string of the molecule is FC(F)Oc1ccccc1-n1cc(CCl)nn1. The van der Waals surface area contributed by atoms with Crippen molar-refractivity contribution in [2.24, 2.45) is 0 Å². The maximum absolute atomic E-state index is 12.2. The Balaban J connectivity index is 2.36. The van der Waals surface area contributed by atoms with E-state index in [0.29, 0.717) is 11.4 Å². The monoisotopic (exact) mass is 259 g/mol. The van der Waals surface area contributed by atoms with Crippen molar-refractivity contribution in [2.45, 2.75) is 12.5 Å². The summed E-state index contributed by atoms with van der Waals surface area (Å²) < 4.78 is 30.1. The van der Waals surface area contributed by atoms with E-state index in [1.807, 2.05) is 0 Å². The van der Waals surface area contributed by atoms with Crippen LogP contribution in [0.5, 0.6) is 5.75 Å². The van der Waals surface area contributed by atoms with E-state index in [4.69, 9.17) is 11.6 Å². The fourth-order valence-corrected chi connectivity index (χ4v) is 1.44. The Morgan fingerprint density at radius 2 is 2.12 bits per heavy atom. The van der Waals surface area contributed by atoms with Gasteiger partial charge in [-0.25, -0.2) is 4.68 Å². The Morgan fingerprint density at radius 1 is 1.35 bits per heavy atom. The highest BCUT2D eigenvalue weighted by Gasteiger charge is 2.11. The predicted octanol–water partition coefficient (Wildman–Crippen LogP) is 2.61. The number of hydrogen-bond acceptors (Lipinski definition) is 3. The molecule has 1 heterocycles. The summed E-state index contributed by atoms with van der Waals surface area (Å²) in [6.07, 6.45) is 1.56. The Labute approximate surface area is 101 Å². The predicted molar refractivity (Wildman–Crippen MR) is 57.5 cm³/mol. The normalized spacial score (nSPS) is 10.8. The molecule has 0 aliphatic heterocycles. The van der Waals surface area contributed by atoms with Gasteiger partial charge in [0.25, 0.3) is 0 Å². The Bertz CT molecular complexity index is 504. The largest absolute Gasteiger partial charge is 0.433 e. The lowest BCUT2D eigenvalue weighted by molar-refractivity contribution is -0.0499. The molecule has 0 atom stereocenters. The minimum Gasteiger partial charge on any atom is -0.433 e. The fraction of sp³-hybridized carbons (Fsp3) is 0.200. The summed E-state index contributed by atoms with van der Waals surface area (Å²) in [6, 6.07) is 6.32. The van der Waals surface area contributed by atoms with E-state index < -0.39 is 6.61 Å². The second-order valence-electron chi connectivity index (χ2n) is 3.13. The van der Waals surface area contributed by atoms with Gasteiger partial charge in [0, 0.05) is 0 Å². The summed E-state index contributed by atoms with van der Waals surface area (Å²) in [5.41, 5.74) is 0.940. The summed E-state index contributed by atoms with van der Waals surface area (Å²) in [5, 5.41) is 7.55. The zero-order valence-electron chi connectivity index (χ0n) is 8.55. The van der Waals surface area contributed by atoms with Crippen molar-refractivity contribution in [3.05, 3.63) is 36.2 Å². The van der Waals surface area contributed by atoms with E-state index in [1.165, 1.54) is 10.7 Å². The molecular weight excluding hydrogens is 252 g/mol. The van der Waals surface area contributed by atoms with Gasteiger partial charge in [0.05, 0.1) is 17.8 Å². The molecule has 17 heavy (non-hydrogen) atoms. The summed E-state index contributed by atoms with van der Waals surface area (Å²) in [7, 11) is 0. The van der Waals surface area contributed by atoms with Crippen LogP contribution in [0, 0.1) is 0 Å². The van der Waals surface area contributed by atoms with Gasteiger partial charge in [-0.3, -0.25) is 0 Å². The Hall–Kier alpha value is -1.69. The molecule has 2 rings (SSSR count). The van der Waals surface area contributed by atoms with E-state index >= 15 is 0 Å². The number of rotatable bonds is 4. The maximum atomic E-state index is 12.2. The van der Waals surface area contributed by atoms with Crippen molar-refractivity contribution in [3.8, 4) is 11.4 Å². The first-order chi connectivity index (χ1) is 8.20. The molecule has 0 unspecified atom stereocenters. The molecule has 0 N–H and O–H groups in total. The summed E-state index contributed by atoms with van der Waals surface area (Å²) in [6.45, 7) is -2.88. The number of alkyl halides is 3. The highest BCUT2D eigenvalue weighted by molar-refractivity contribution is 6.16. The molecule has 1 aromatic heterocycles. The molecule has 0 fully saturated rings. The van der Waals surface area contributed by atoms with Gasteiger partial charge in [-0.2, -0.15) is 8.78 Å². The molecule has 0 saturated heterocycles. The van der Waals surface area contributed by atoms with Crippen LogP contribution in [-0.4, -0.2) is 21.6 Å². The van der Waals surface area contributed by atoms with Crippen LogP contribution in [0.3, 0.4) is 0 Å². The quantitative estimate of drug-likeness (QED) is 0.793. The van der Waals surface area contributed by atoms with Gasteiger partial charge in [-0.1, -0.05) is 17.3 Å². The average Bonchev–Trinajstić information content (AvgIpc) is 2.77. The van der Waals surface area contributed by atoms with Crippen LogP contribution < -0.4 is 4.74 Å². The summed E-state index contributed by atoms with van der Waals surface area (Å²) in [5.74, 6) is 0.242. The van der Waals surface area contributed by atoms with E-state index in [2.05, 4.69) is 15.0 Å². The van der Waals surface area contributed by atoms with Gasteiger partial charge in [0.1, 0.15) is 5.69 Å². The van der Waals surface area contributed by atoms with Gasteiger partial charge in [0.2, 0.25) is 0 Å². The molecule has 7 heteroatoms. The molecule has 0 radical (unpaired) electrons. The van der Waals surface area contributed by atoms with Crippen molar-refractivity contribution >= 4 is 11.6 Å². The third kappa shape index (κ3) is 2.71. The Kier molecular flexibility index (Phi) is 3.53. The first-order valence-electron chi connectivity index (χ1n) is 4.72. The molecular formula is C10H8ClF2N3O. The number of aromatic nitrogens is 3. The van der Waals surface area contributed by atoms with Crippen LogP contribution in [0.1, 0.15) is 5.69 Å². The number of ether oxygens (including phenoxy) is 1. The number of benzene rings is 1. The van der Waals surface area contributed by atoms with Crippen LogP contribution in [0.4, 0.5) is 8.78 Å². The smallest absolute Gasteiger partial charge is 0.387 e. The fourth-order valence-electron chi connectivity index (χ4n) is 1.32. The van der Waals surface area contributed by atoms with Crippen LogP contribution in [0.25, 0.3) is 5.69 Å². The maximum Gasteiger partial charge on any atom is 0.387 e. The van der Waals surface area contributed by atoms with E-state index in [9.17, 15) is 8.78 Å². The van der Waals surface area contributed by atoms with Gasteiger partial charge in [0.15, 0.2) is 5.75 Å². The minimum atomic E-state index is -2.88. The molecule has 0 saturated carbocycles. The molecule has 0 amide bonds. The van der Waals surface area contributed by atoms with Crippen molar-refractivity contribution < 1.29 is 13.5 Å². The highest BCUT2D eigenvalue weighted by atomic mass is 35.5. The van der Waals surface area contributed by atoms with E-state index in [0.717, 1.165) is 0 Å². The number of para-hydroxylation sites is 2. The van der Waals surface area contributed by atoms with Gasteiger partial charge in [-0.15, -0.1) is 16.7 Å². The van der Waals surface area contributed by atoms with Crippen molar-refractivity contribution in [2.75, 3.05) is 0 Å². The lowest BCUT2D eigenvalue weighted by Crippen LogP contribution is -2.06. The molecule has 0 bridgehead atoms. The third-order valence-electron chi connectivity index (χ3n) is 2.01. The number of nitrogens with zero attached hydrogens (tertiary/aromatic N) is 3. The first-order valence-corrected chi connectivity index (χ1v) is 5.25. The van der Waals surface area contributed by atoms with Crippen LogP contribution in [0.15, 0.2) is 30.5 Å². The van der Waals surface area contributed by atoms with Crippen molar-refractivity contribution in [1.82, 2.24) is 15.0 Å². The lowest BCUT2D eigenvalue weighted by atomic mass is 10.3. The summed E-state index contributed by atoms with van der Waals surface area (Å²) >= 11 is 5.58. The zero-order chi connectivity index (χ0) is 12.3. The number of halogens is 3. The Morgan fingerprint density at radius 3 is 2.76 bits per heavy atom. The van der Waals surface area contributed by atoms with Crippen molar-refractivity contribution in [3.63, 3.8) is 0 Å². The second-order valence-corrected chi connectivity index (χ2v) is 3.40. The third-order valence-corrected chi connectivity index (χ3v) is 2.28. The van der Waals surface area contributed by atoms with Crippen LogP contribution in [0.2, 0.25) is 0 Å². The van der Waals surface area contributed by atoms with E-state index in [1.54, 1.807) is 24.4 Å². The summed E-state index contributed by atoms with van der Waals surface area (Å²) in [4.78, 5) is 0. The molecule has 2 aromatic rings. The minimum absolute atomic E-state index is 0.0357. The van der Waals surface area contributed by atoms with Crippen molar-refractivity contribution in [1.29, 1.82) is 0 Å². The molecule has 4 nitrogen and oxygen atoms in total. The lowest BCUT2D eigenvalue weighted by Gasteiger charge is -2.09. The van der Waals surface area contributed by atoms with Gasteiger partial charge < -0.3 is 4.74 Å². The van der Waals surface area contributed by atoms with Gasteiger partial charge >= 0.3 is 6.61 Å². The molecule has 1 aromatic carbocycles. The molecule has 0 spiro atoms. The molecule has 0 aliphatic carbocycles. The second kappa shape index (κ2) is 5.09. The average molecular weight is 260 g/mol. The van der Waals surface area contributed by atoms with Crippen LogP contribution >= 0.6 is 11.6 Å². The van der Waals surface area contributed by atoms with Gasteiger partial charge in [-0.05, 0) is 12.1 Å². The standard InChI is InChI=1S/C10H8ClF2N3O/c11-5-7-6-16(15-14-7)8-3-1-2-4-9(8)17-10(12)13/h1-4,6,10H,5H2. The topological polar surface area (TPSA) is 39.9 Å². The van der Waals surface area contributed by atoms with E-state index in [-0.39, 0.29) is 11.6 Å². The zero-order valence-corrected chi connectivity index (χ0v) is 9.31. The van der Waals surface area contributed by atoms with Crippen LogP contribution in [-0.2, 0) is 5.88 Å². The molecule has 0 aliphatic rings. The molecule has 90 valence electrons. The highest BCUT2D eigenvalue weighted by Crippen LogP contribution is 2.23.